The van der Waals surface area contributed by atoms with Crippen LogP contribution in [-0.2, 0) is 9.84 Å². The molecule has 0 aromatic heterocycles. The molecule has 0 aliphatic rings. The summed E-state index contributed by atoms with van der Waals surface area (Å²) >= 11 is 0. The molecule has 0 aliphatic carbocycles. The van der Waals surface area contributed by atoms with Gasteiger partial charge >= 0.3 is 0 Å². The van der Waals surface area contributed by atoms with Gasteiger partial charge in [0.15, 0.2) is 0 Å². The fourth-order valence-electron chi connectivity index (χ4n) is 1.40. The Hall–Kier alpha value is -0.130. The van der Waals surface area contributed by atoms with Gasteiger partial charge in [0.2, 0.25) is 0 Å². The van der Waals surface area contributed by atoms with Crippen LogP contribution in [0, 0.1) is 5.92 Å². The molecule has 0 aromatic carbocycles. The Bertz CT molecular complexity index is 239. The van der Waals surface area contributed by atoms with E-state index in [4.69, 9.17) is 5.11 Å². The minimum atomic E-state index is -2.82. The highest BCUT2D eigenvalue weighted by Gasteiger charge is 2.05. The average molecular weight is 237 g/mol. The highest BCUT2D eigenvalue weighted by molar-refractivity contribution is 7.90. The van der Waals surface area contributed by atoms with Crippen molar-refractivity contribution in [1.29, 1.82) is 0 Å². The van der Waals surface area contributed by atoms with E-state index >= 15 is 0 Å². The number of aliphatic hydroxyl groups is 1. The lowest BCUT2D eigenvalue weighted by molar-refractivity contribution is 0.251. The molecule has 0 fully saturated rings. The largest absolute Gasteiger partial charge is 0.396 e. The zero-order valence-corrected chi connectivity index (χ0v) is 10.5. The van der Waals surface area contributed by atoms with Crippen LogP contribution in [-0.4, -0.2) is 45.2 Å². The third-order valence-corrected chi connectivity index (χ3v) is 3.45. The van der Waals surface area contributed by atoms with E-state index < -0.39 is 9.84 Å². The second-order valence-corrected chi connectivity index (χ2v) is 6.23. The standard InChI is InChI=1S/C10H23NO3S/c1-3-10(5-7-12)9-11-6-4-8-15(2,13)14/h10-12H,3-9H2,1-2H3. The van der Waals surface area contributed by atoms with Crippen molar-refractivity contribution in [2.24, 2.45) is 5.92 Å². The van der Waals surface area contributed by atoms with Gasteiger partial charge in [0, 0.05) is 12.9 Å². The molecule has 15 heavy (non-hydrogen) atoms. The van der Waals surface area contributed by atoms with Crippen LogP contribution < -0.4 is 5.32 Å². The third-order valence-electron chi connectivity index (χ3n) is 2.42. The normalized spacial score (nSPS) is 14.1. The van der Waals surface area contributed by atoms with Crippen LogP contribution in [0.4, 0.5) is 0 Å². The van der Waals surface area contributed by atoms with Crippen molar-refractivity contribution in [3.05, 3.63) is 0 Å². The van der Waals surface area contributed by atoms with Crippen molar-refractivity contribution in [1.82, 2.24) is 5.32 Å². The van der Waals surface area contributed by atoms with Crippen molar-refractivity contribution in [2.75, 3.05) is 31.7 Å². The van der Waals surface area contributed by atoms with E-state index in [2.05, 4.69) is 12.2 Å². The summed E-state index contributed by atoms with van der Waals surface area (Å²) in [5, 5.41) is 12.0. The van der Waals surface area contributed by atoms with E-state index in [1.807, 2.05) is 0 Å². The van der Waals surface area contributed by atoms with E-state index in [1.165, 1.54) is 6.26 Å². The molecular formula is C10H23NO3S. The van der Waals surface area contributed by atoms with Crippen LogP contribution >= 0.6 is 0 Å². The number of rotatable bonds is 9. The van der Waals surface area contributed by atoms with Crippen molar-refractivity contribution in [3.63, 3.8) is 0 Å². The van der Waals surface area contributed by atoms with Crippen LogP contribution in [0.25, 0.3) is 0 Å². The molecule has 0 heterocycles. The van der Waals surface area contributed by atoms with E-state index in [1.54, 1.807) is 0 Å². The first-order chi connectivity index (χ1) is 6.99. The smallest absolute Gasteiger partial charge is 0.147 e. The minimum absolute atomic E-state index is 0.226. The van der Waals surface area contributed by atoms with Gasteiger partial charge in [-0.2, -0.15) is 0 Å². The van der Waals surface area contributed by atoms with Gasteiger partial charge in [0.25, 0.3) is 0 Å². The van der Waals surface area contributed by atoms with Crippen LogP contribution in [0.3, 0.4) is 0 Å². The molecule has 0 saturated heterocycles. The van der Waals surface area contributed by atoms with Gasteiger partial charge in [-0.15, -0.1) is 0 Å². The van der Waals surface area contributed by atoms with Crippen molar-refractivity contribution < 1.29 is 13.5 Å². The molecule has 4 nitrogen and oxygen atoms in total. The molecule has 2 N–H and O–H groups in total. The van der Waals surface area contributed by atoms with Crippen LogP contribution in [0.1, 0.15) is 26.2 Å². The van der Waals surface area contributed by atoms with Gasteiger partial charge in [0.1, 0.15) is 9.84 Å². The lowest BCUT2D eigenvalue weighted by Crippen LogP contribution is -2.25. The first kappa shape index (κ1) is 14.9. The zero-order chi connectivity index (χ0) is 11.7. The molecule has 0 rings (SSSR count). The van der Waals surface area contributed by atoms with E-state index in [9.17, 15) is 8.42 Å². The number of nitrogens with one attached hydrogen (secondary N) is 1. The molecule has 0 aromatic rings. The molecule has 0 aliphatic heterocycles. The quantitative estimate of drug-likeness (QED) is 0.570. The first-order valence-electron chi connectivity index (χ1n) is 5.49. The van der Waals surface area contributed by atoms with Crippen LogP contribution in [0.15, 0.2) is 0 Å². The van der Waals surface area contributed by atoms with Gasteiger partial charge in [-0.25, -0.2) is 8.42 Å². The van der Waals surface area contributed by atoms with Crippen LogP contribution in [0.5, 0.6) is 0 Å². The van der Waals surface area contributed by atoms with E-state index in [-0.39, 0.29) is 12.4 Å². The molecule has 0 saturated carbocycles. The van der Waals surface area contributed by atoms with E-state index in [0.29, 0.717) is 12.3 Å². The Balaban J connectivity index is 3.44. The molecule has 0 radical (unpaired) electrons. The highest BCUT2D eigenvalue weighted by atomic mass is 32.2. The van der Waals surface area contributed by atoms with Gasteiger partial charge in [-0.3, -0.25) is 0 Å². The number of hydrogen-bond acceptors (Lipinski definition) is 4. The maximum atomic E-state index is 10.8. The number of hydrogen-bond donors (Lipinski definition) is 2. The molecular weight excluding hydrogens is 214 g/mol. The molecule has 1 unspecified atom stereocenters. The maximum Gasteiger partial charge on any atom is 0.147 e. The summed E-state index contributed by atoms with van der Waals surface area (Å²) in [6.45, 7) is 3.91. The average Bonchev–Trinajstić information content (AvgIpc) is 2.14. The Kier molecular flexibility index (Phi) is 8.00. The Morgan fingerprint density at radius 1 is 1.40 bits per heavy atom. The Labute approximate surface area is 93.0 Å². The van der Waals surface area contributed by atoms with Gasteiger partial charge in [-0.1, -0.05) is 13.3 Å². The molecule has 92 valence electrons. The SMILES string of the molecule is CCC(CCO)CNCCCS(C)(=O)=O. The van der Waals surface area contributed by atoms with Gasteiger partial charge in [-0.05, 0) is 31.8 Å². The number of aliphatic hydroxyl groups excluding tert-OH is 1. The predicted octanol–water partition coefficient (Wildman–Crippen LogP) is 0.419. The summed E-state index contributed by atoms with van der Waals surface area (Å²) in [4.78, 5) is 0. The highest BCUT2D eigenvalue weighted by Crippen LogP contribution is 2.05. The first-order valence-corrected chi connectivity index (χ1v) is 7.55. The second kappa shape index (κ2) is 8.07. The summed E-state index contributed by atoms with van der Waals surface area (Å²) in [5.41, 5.74) is 0. The molecule has 5 heteroatoms. The topological polar surface area (TPSA) is 66.4 Å². The van der Waals surface area contributed by atoms with E-state index in [0.717, 1.165) is 25.9 Å². The zero-order valence-electron chi connectivity index (χ0n) is 9.70. The monoisotopic (exact) mass is 237 g/mol. The van der Waals surface area contributed by atoms with Gasteiger partial charge in [0.05, 0.1) is 5.75 Å². The van der Waals surface area contributed by atoms with Gasteiger partial charge < -0.3 is 10.4 Å². The lowest BCUT2D eigenvalue weighted by Gasteiger charge is -2.13. The van der Waals surface area contributed by atoms with Crippen molar-refractivity contribution in [3.8, 4) is 0 Å². The molecule has 0 spiro atoms. The summed E-state index contributed by atoms with van der Waals surface area (Å²) in [5.74, 6) is 0.741. The number of sulfone groups is 1. The lowest BCUT2D eigenvalue weighted by atomic mass is 10.0. The molecule has 0 amide bonds. The third kappa shape index (κ3) is 10.2. The van der Waals surface area contributed by atoms with Crippen molar-refractivity contribution >= 4 is 9.84 Å². The van der Waals surface area contributed by atoms with Crippen molar-refractivity contribution in [2.45, 2.75) is 26.2 Å². The second-order valence-electron chi connectivity index (χ2n) is 3.97. The fraction of sp³-hybridized carbons (Fsp3) is 1.00. The summed E-state index contributed by atoms with van der Waals surface area (Å²) in [6.07, 6.45) is 3.78. The summed E-state index contributed by atoms with van der Waals surface area (Å²) in [6, 6.07) is 0. The predicted molar refractivity (Wildman–Crippen MR) is 62.7 cm³/mol. The molecule has 1 atom stereocenters. The molecule has 0 bridgehead atoms. The Morgan fingerprint density at radius 3 is 2.53 bits per heavy atom. The van der Waals surface area contributed by atoms with Crippen LogP contribution in [0.2, 0.25) is 0 Å². The summed E-state index contributed by atoms with van der Waals surface area (Å²) < 4.78 is 21.7. The Morgan fingerprint density at radius 2 is 2.07 bits per heavy atom. The summed E-state index contributed by atoms with van der Waals surface area (Å²) in [7, 11) is -2.82. The fourth-order valence-corrected chi connectivity index (χ4v) is 2.07. The minimum Gasteiger partial charge on any atom is -0.396 e. The maximum absolute atomic E-state index is 10.8.